The van der Waals surface area contributed by atoms with Gasteiger partial charge in [-0.15, -0.1) is 24.0 Å². The molecule has 52 valence electrons. The summed E-state index contributed by atoms with van der Waals surface area (Å²) in [7, 11) is 0. The highest BCUT2D eigenvalue weighted by atomic mass is 127. The zero-order valence-corrected chi connectivity index (χ0v) is 7.83. The number of rotatable bonds is 0. The van der Waals surface area contributed by atoms with Crippen LogP contribution in [0.25, 0.3) is 0 Å². The average molecular weight is 237 g/mol. The number of hydrogen-bond donors (Lipinski definition) is 1. The molecule has 0 fully saturated rings. The third-order valence-corrected chi connectivity index (χ3v) is 1.32. The molecule has 0 amide bonds. The minimum absolute atomic E-state index is 0. The fourth-order valence-electron chi connectivity index (χ4n) is 0.744. The van der Waals surface area contributed by atoms with E-state index in [-0.39, 0.29) is 30.0 Å². The van der Waals surface area contributed by atoms with Crippen molar-refractivity contribution in [3.8, 4) is 0 Å². The normalized spacial score (nSPS) is 24.7. The molecular weight excluding hydrogens is 225 g/mol. The van der Waals surface area contributed by atoms with Crippen molar-refractivity contribution in [3.05, 3.63) is 23.8 Å². The van der Waals surface area contributed by atoms with E-state index >= 15 is 0 Å². The highest BCUT2D eigenvalue weighted by Gasteiger charge is 1.97. The predicted octanol–water partition coefficient (Wildman–Crippen LogP) is 1.84. The van der Waals surface area contributed by atoms with Crippen molar-refractivity contribution in [3.63, 3.8) is 0 Å². The summed E-state index contributed by atoms with van der Waals surface area (Å²) in [5.41, 5.74) is 6.89. The SMILES string of the molecule is CC1=CCC(N)C=C1.I. The Labute approximate surface area is 73.0 Å². The van der Waals surface area contributed by atoms with E-state index in [2.05, 4.69) is 19.1 Å². The summed E-state index contributed by atoms with van der Waals surface area (Å²) >= 11 is 0. The predicted molar refractivity (Wildman–Crippen MR) is 50.9 cm³/mol. The Hall–Kier alpha value is 0.170. The van der Waals surface area contributed by atoms with Gasteiger partial charge < -0.3 is 5.73 Å². The van der Waals surface area contributed by atoms with E-state index in [0.717, 1.165) is 6.42 Å². The van der Waals surface area contributed by atoms with Crippen LogP contribution in [0.1, 0.15) is 13.3 Å². The lowest BCUT2D eigenvalue weighted by Gasteiger charge is -2.07. The maximum atomic E-state index is 5.57. The highest BCUT2D eigenvalue weighted by molar-refractivity contribution is 14.0. The minimum atomic E-state index is 0. The fraction of sp³-hybridized carbons (Fsp3) is 0.429. The Morgan fingerprint density at radius 2 is 2.33 bits per heavy atom. The van der Waals surface area contributed by atoms with Crippen LogP contribution in [0, 0.1) is 0 Å². The van der Waals surface area contributed by atoms with Crippen molar-refractivity contribution in [2.24, 2.45) is 5.73 Å². The lowest BCUT2D eigenvalue weighted by atomic mass is 10.1. The van der Waals surface area contributed by atoms with Gasteiger partial charge in [-0.05, 0) is 13.3 Å². The van der Waals surface area contributed by atoms with Crippen LogP contribution in [-0.2, 0) is 0 Å². The molecule has 0 saturated carbocycles. The van der Waals surface area contributed by atoms with Gasteiger partial charge in [-0.25, -0.2) is 0 Å². The molecule has 0 bridgehead atoms. The molecule has 2 N–H and O–H groups in total. The minimum Gasteiger partial charge on any atom is -0.324 e. The van der Waals surface area contributed by atoms with Crippen LogP contribution < -0.4 is 5.73 Å². The topological polar surface area (TPSA) is 26.0 Å². The molecule has 0 aromatic heterocycles. The quantitative estimate of drug-likeness (QED) is 0.639. The lowest BCUT2D eigenvalue weighted by Crippen LogP contribution is -2.16. The van der Waals surface area contributed by atoms with Crippen LogP contribution in [0.4, 0.5) is 0 Å². The Kier molecular flexibility index (Phi) is 4.14. The largest absolute Gasteiger partial charge is 0.324 e. The Balaban J connectivity index is 0.000000640. The van der Waals surface area contributed by atoms with E-state index in [1.807, 2.05) is 6.08 Å². The van der Waals surface area contributed by atoms with Crippen LogP contribution in [-0.4, -0.2) is 6.04 Å². The molecule has 1 aliphatic carbocycles. The van der Waals surface area contributed by atoms with Gasteiger partial charge in [0.25, 0.3) is 0 Å². The molecule has 0 spiro atoms. The monoisotopic (exact) mass is 237 g/mol. The molecule has 0 radical (unpaired) electrons. The van der Waals surface area contributed by atoms with E-state index in [9.17, 15) is 0 Å². The lowest BCUT2D eigenvalue weighted by molar-refractivity contribution is 0.818. The summed E-state index contributed by atoms with van der Waals surface area (Å²) in [6, 6.07) is 0.263. The van der Waals surface area contributed by atoms with Crippen LogP contribution in [0.3, 0.4) is 0 Å². The molecule has 0 saturated heterocycles. The number of hydrogen-bond acceptors (Lipinski definition) is 1. The average Bonchev–Trinajstić information content (AvgIpc) is 1.77. The molecule has 1 unspecified atom stereocenters. The van der Waals surface area contributed by atoms with Crippen LogP contribution in [0.5, 0.6) is 0 Å². The van der Waals surface area contributed by atoms with Gasteiger partial charge in [0.2, 0.25) is 0 Å². The summed E-state index contributed by atoms with van der Waals surface area (Å²) in [5.74, 6) is 0. The number of allylic oxidation sites excluding steroid dienone is 2. The summed E-state index contributed by atoms with van der Waals surface area (Å²) in [6.45, 7) is 2.09. The van der Waals surface area contributed by atoms with E-state index in [4.69, 9.17) is 5.73 Å². The summed E-state index contributed by atoms with van der Waals surface area (Å²) in [5, 5.41) is 0. The standard InChI is InChI=1S/C7H11N.HI/c1-6-2-4-7(8)5-3-6;/h2-4,7H,5,8H2,1H3;1H. The first-order valence-corrected chi connectivity index (χ1v) is 2.89. The van der Waals surface area contributed by atoms with Gasteiger partial charge in [0.05, 0.1) is 0 Å². The van der Waals surface area contributed by atoms with Crippen LogP contribution in [0.2, 0.25) is 0 Å². The van der Waals surface area contributed by atoms with E-state index in [1.165, 1.54) is 5.57 Å². The molecule has 0 aromatic rings. The van der Waals surface area contributed by atoms with Crippen molar-refractivity contribution in [2.75, 3.05) is 0 Å². The van der Waals surface area contributed by atoms with Crippen molar-refractivity contribution >= 4 is 24.0 Å². The fourth-order valence-corrected chi connectivity index (χ4v) is 0.744. The molecule has 0 aliphatic heterocycles. The molecular formula is C7H12IN. The van der Waals surface area contributed by atoms with Gasteiger partial charge in [-0.2, -0.15) is 0 Å². The second-order valence-electron chi connectivity index (χ2n) is 2.21. The van der Waals surface area contributed by atoms with Gasteiger partial charge in [0.15, 0.2) is 0 Å². The first-order valence-electron chi connectivity index (χ1n) is 2.89. The molecule has 9 heavy (non-hydrogen) atoms. The van der Waals surface area contributed by atoms with Crippen molar-refractivity contribution in [1.82, 2.24) is 0 Å². The second kappa shape index (κ2) is 4.06. The number of halogens is 1. The molecule has 1 aliphatic rings. The molecule has 1 rings (SSSR count). The number of nitrogens with two attached hydrogens (primary N) is 1. The molecule has 0 aromatic carbocycles. The molecule has 0 heterocycles. The van der Waals surface area contributed by atoms with Crippen molar-refractivity contribution in [1.29, 1.82) is 0 Å². The Bertz CT molecular complexity index is 138. The van der Waals surface area contributed by atoms with Gasteiger partial charge in [-0.1, -0.05) is 23.8 Å². The van der Waals surface area contributed by atoms with Gasteiger partial charge in [-0.3, -0.25) is 0 Å². The van der Waals surface area contributed by atoms with Gasteiger partial charge >= 0.3 is 0 Å². The van der Waals surface area contributed by atoms with Crippen molar-refractivity contribution in [2.45, 2.75) is 19.4 Å². The van der Waals surface area contributed by atoms with Crippen LogP contribution in [0.15, 0.2) is 23.8 Å². The van der Waals surface area contributed by atoms with E-state index in [1.54, 1.807) is 0 Å². The van der Waals surface area contributed by atoms with Crippen LogP contribution >= 0.6 is 24.0 Å². The maximum absolute atomic E-state index is 5.57. The summed E-state index contributed by atoms with van der Waals surface area (Å²) < 4.78 is 0. The maximum Gasteiger partial charge on any atom is 0.0262 e. The van der Waals surface area contributed by atoms with E-state index in [0.29, 0.717) is 0 Å². The smallest absolute Gasteiger partial charge is 0.0262 e. The molecule has 2 heteroatoms. The zero-order chi connectivity index (χ0) is 5.98. The summed E-state index contributed by atoms with van der Waals surface area (Å²) in [4.78, 5) is 0. The third-order valence-electron chi connectivity index (χ3n) is 1.32. The Morgan fingerprint density at radius 1 is 1.67 bits per heavy atom. The first kappa shape index (κ1) is 9.17. The Morgan fingerprint density at radius 3 is 2.67 bits per heavy atom. The van der Waals surface area contributed by atoms with Crippen molar-refractivity contribution < 1.29 is 0 Å². The van der Waals surface area contributed by atoms with Gasteiger partial charge in [0, 0.05) is 6.04 Å². The molecule has 1 nitrogen and oxygen atoms in total. The highest BCUT2D eigenvalue weighted by Crippen LogP contribution is 2.06. The molecule has 1 atom stereocenters. The summed E-state index contributed by atoms with van der Waals surface area (Å²) in [6.07, 6.45) is 7.26. The second-order valence-corrected chi connectivity index (χ2v) is 2.21. The van der Waals surface area contributed by atoms with E-state index < -0.39 is 0 Å². The first-order chi connectivity index (χ1) is 3.79. The zero-order valence-electron chi connectivity index (χ0n) is 5.50. The third kappa shape index (κ3) is 3.01. The van der Waals surface area contributed by atoms with Gasteiger partial charge in [0.1, 0.15) is 0 Å².